The lowest BCUT2D eigenvalue weighted by Crippen LogP contribution is -1.90. The van der Waals surface area contributed by atoms with E-state index < -0.39 is 0 Å². The minimum atomic E-state index is 0.769. The molecule has 2 heteroatoms. The predicted octanol–water partition coefficient (Wildman–Crippen LogP) is 9.40. The van der Waals surface area contributed by atoms with E-state index in [9.17, 15) is 0 Å². The highest BCUT2D eigenvalue weighted by molar-refractivity contribution is 5.78. The molecule has 0 unspecified atom stereocenters. The molecule has 168 valence electrons. The standard InChI is InChI=1S/C32H28O2/c1-4-6-11-28-13-8-10-15-32(28)34-30-22-18-27(19-23-30)24(3)26-16-20-29(21-17-26)33-31-14-9-7-12-25(31)5-2/h5-23H,2-4H2,1H3/b11-6+. The van der Waals surface area contributed by atoms with Gasteiger partial charge in [0, 0.05) is 11.1 Å². The van der Waals surface area contributed by atoms with Crippen molar-refractivity contribution in [3.8, 4) is 23.0 Å². The molecule has 0 heterocycles. The molecule has 0 atom stereocenters. The summed E-state index contributed by atoms with van der Waals surface area (Å²) in [6.45, 7) is 10.3. The van der Waals surface area contributed by atoms with Gasteiger partial charge in [0.05, 0.1) is 0 Å². The number of ether oxygens (including phenoxy) is 2. The van der Waals surface area contributed by atoms with Gasteiger partial charge in [-0.15, -0.1) is 0 Å². The first-order valence-electron chi connectivity index (χ1n) is 11.4. The van der Waals surface area contributed by atoms with Crippen LogP contribution >= 0.6 is 0 Å². The number of allylic oxidation sites excluding steroid dienone is 1. The summed E-state index contributed by atoms with van der Waals surface area (Å²) in [6.07, 6.45) is 7.00. The molecule has 2 nitrogen and oxygen atoms in total. The van der Waals surface area contributed by atoms with Crippen LogP contribution in [0.5, 0.6) is 23.0 Å². The fraction of sp³-hybridized carbons (Fsp3) is 0.0625. The van der Waals surface area contributed by atoms with Crippen molar-refractivity contribution in [2.45, 2.75) is 13.3 Å². The third-order valence-corrected chi connectivity index (χ3v) is 5.45. The number of hydrogen-bond donors (Lipinski definition) is 0. The zero-order valence-electron chi connectivity index (χ0n) is 19.4. The molecule has 0 N–H and O–H groups in total. The number of rotatable bonds is 9. The van der Waals surface area contributed by atoms with Crippen molar-refractivity contribution in [3.63, 3.8) is 0 Å². The molecule has 0 radical (unpaired) electrons. The lowest BCUT2D eigenvalue weighted by atomic mass is 9.99. The summed E-state index contributed by atoms with van der Waals surface area (Å²) in [4.78, 5) is 0. The van der Waals surface area contributed by atoms with Gasteiger partial charge in [-0.3, -0.25) is 0 Å². The molecule has 4 aromatic carbocycles. The maximum Gasteiger partial charge on any atom is 0.134 e. The van der Waals surface area contributed by atoms with E-state index >= 15 is 0 Å². The van der Waals surface area contributed by atoms with Gasteiger partial charge in [0.1, 0.15) is 23.0 Å². The maximum atomic E-state index is 6.13. The van der Waals surface area contributed by atoms with Gasteiger partial charge in [-0.25, -0.2) is 0 Å². The Bertz CT molecular complexity index is 1300. The van der Waals surface area contributed by atoms with Gasteiger partial charge in [-0.05, 0) is 59.5 Å². The monoisotopic (exact) mass is 444 g/mol. The summed E-state index contributed by atoms with van der Waals surface area (Å²) in [5.74, 6) is 3.18. The van der Waals surface area contributed by atoms with Crippen LogP contribution in [0.25, 0.3) is 17.7 Å². The van der Waals surface area contributed by atoms with Crippen molar-refractivity contribution in [2.75, 3.05) is 0 Å². The van der Waals surface area contributed by atoms with E-state index in [1.165, 1.54) is 0 Å². The average molecular weight is 445 g/mol. The summed E-state index contributed by atoms with van der Waals surface area (Å²) in [6, 6.07) is 31.9. The molecule has 4 rings (SSSR count). The molecule has 0 amide bonds. The van der Waals surface area contributed by atoms with Crippen LogP contribution in [0.4, 0.5) is 0 Å². The molecule has 0 fully saturated rings. The highest BCUT2D eigenvalue weighted by Crippen LogP contribution is 2.31. The molecule has 0 saturated heterocycles. The van der Waals surface area contributed by atoms with Gasteiger partial charge in [-0.1, -0.05) is 99.0 Å². The van der Waals surface area contributed by atoms with E-state index in [0.29, 0.717) is 0 Å². The topological polar surface area (TPSA) is 18.5 Å². The SMILES string of the molecule is C=Cc1ccccc1Oc1ccc(C(=C)c2ccc(Oc3ccccc3/C=C/CC)cc2)cc1. The predicted molar refractivity (Wildman–Crippen MR) is 143 cm³/mol. The van der Waals surface area contributed by atoms with Gasteiger partial charge in [-0.2, -0.15) is 0 Å². The van der Waals surface area contributed by atoms with Crippen LogP contribution in [0.15, 0.2) is 116 Å². The Morgan fingerprint density at radius 3 is 1.65 bits per heavy atom. The lowest BCUT2D eigenvalue weighted by molar-refractivity contribution is 0.481. The van der Waals surface area contributed by atoms with E-state index in [1.807, 2.05) is 91.0 Å². The zero-order chi connectivity index (χ0) is 23.8. The van der Waals surface area contributed by atoms with E-state index in [1.54, 1.807) is 6.08 Å². The third kappa shape index (κ3) is 5.54. The van der Waals surface area contributed by atoms with Gasteiger partial charge in [0.2, 0.25) is 0 Å². The van der Waals surface area contributed by atoms with Gasteiger partial charge >= 0.3 is 0 Å². The zero-order valence-corrected chi connectivity index (χ0v) is 19.4. The van der Waals surface area contributed by atoms with Crippen molar-refractivity contribution in [1.29, 1.82) is 0 Å². The number of benzene rings is 4. The van der Waals surface area contributed by atoms with Crippen molar-refractivity contribution < 1.29 is 9.47 Å². The highest BCUT2D eigenvalue weighted by Gasteiger charge is 2.07. The molecule has 0 aromatic heterocycles. The Kier molecular flexibility index (Phi) is 7.42. The third-order valence-electron chi connectivity index (χ3n) is 5.45. The largest absolute Gasteiger partial charge is 0.457 e. The Labute approximate surface area is 202 Å². The molecule has 34 heavy (non-hydrogen) atoms. The van der Waals surface area contributed by atoms with Crippen LogP contribution in [0.3, 0.4) is 0 Å². The minimum absolute atomic E-state index is 0.769. The summed E-state index contributed by atoms with van der Waals surface area (Å²) in [7, 11) is 0. The molecule has 0 aliphatic carbocycles. The van der Waals surface area contributed by atoms with E-state index in [-0.39, 0.29) is 0 Å². The quantitative estimate of drug-likeness (QED) is 0.256. The molecule has 4 aromatic rings. The lowest BCUT2D eigenvalue weighted by Gasteiger charge is -2.12. The molecular formula is C32H28O2. The van der Waals surface area contributed by atoms with Gasteiger partial charge < -0.3 is 9.47 Å². The van der Waals surface area contributed by atoms with Crippen LogP contribution < -0.4 is 9.47 Å². The smallest absolute Gasteiger partial charge is 0.134 e. The van der Waals surface area contributed by atoms with Crippen LogP contribution in [0.1, 0.15) is 35.6 Å². The van der Waals surface area contributed by atoms with Gasteiger partial charge in [0.15, 0.2) is 0 Å². The Morgan fingerprint density at radius 2 is 1.15 bits per heavy atom. The highest BCUT2D eigenvalue weighted by atomic mass is 16.5. The first-order valence-corrected chi connectivity index (χ1v) is 11.4. The average Bonchev–Trinajstić information content (AvgIpc) is 2.89. The normalized spacial score (nSPS) is 10.7. The Hall–Kier alpha value is -4.30. The fourth-order valence-corrected chi connectivity index (χ4v) is 3.57. The molecule has 0 aliphatic heterocycles. The maximum absolute atomic E-state index is 6.13. The number of para-hydroxylation sites is 2. The van der Waals surface area contributed by atoms with Crippen molar-refractivity contribution in [1.82, 2.24) is 0 Å². The molecule has 0 aliphatic rings. The molecule has 0 bridgehead atoms. The fourth-order valence-electron chi connectivity index (χ4n) is 3.57. The van der Waals surface area contributed by atoms with Crippen molar-refractivity contribution in [2.24, 2.45) is 0 Å². The van der Waals surface area contributed by atoms with E-state index in [2.05, 4.69) is 38.3 Å². The summed E-state index contributed by atoms with van der Waals surface area (Å²) in [5.41, 5.74) is 5.04. The Balaban J connectivity index is 1.45. The van der Waals surface area contributed by atoms with Crippen LogP contribution in [0.2, 0.25) is 0 Å². The summed E-state index contributed by atoms with van der Waals surface area (Å²) in [5, 5.41) is 0. The second-order valence-electron chi connectivity index (χ2n) is 7.82. The van der Waals surface area contributed by atoms with Crippen LogP contribution in [0, 0.1) is 0 Å². The van der Waals surface area contributed by atoms with Crippen molar-refractivity contribution in [3.05, 3.63) is 139 Å². The minimum Gasteiger partial charge on any atom is -0.457 e. The van der Waals surface area contributed by atoms with Crippen LogP contribution in [-0.4, -0.2) is 0 Å². The molecular weight excluding hydrogens is 416 g/mol. The van der Waals surface area contributed by atoms with Crippen LogP contribution in [-0.2, 0) is 0 Å². The molecule has 0 saturated carbocycles. The van der Waals surface area contributed by atoms with E-state index in [0.717, 1.165) is 57.2 Å². The first-order chi connectivity index (χ1) is 16.7. The summed E-state index contributed by atoms with van der Waals surface area (Å²) < 4.78 is 12.2. The molecule has 0 spiro atoms. The van der Waals surface area contributed by atoms with E-state index in [4.69, 9.17) is 9.47 Å². The second kappa shape index (κ2) is 11.0. The Morgan fingerprint density at radius 1 is 0.676 bits per heavy atom. The first kappa shape index (κ1) is 22.9. The second-order valence-corrected chi connectivity index (χ2v) is 7.82. The summed E-state index contributed by atoms with van der Waals surface area (Å²) >= 11 is 0. The van der Waals surface area contributed by atoms with Crippen molar-refractivity contribution >= 4 is 17.7 Å². The number of hydrogen-bond acceptors (Lipinski definition) is 2. The van der Waals surface area contributed by atoms with Gasteiger partial charge in [0.25, 0.3) is 0 Å².